The Hall–Kier alpha value is -1.73. The van der Waals surface area contributed by atoms with E-state index in [2.05, 4.69) is 19.7 Å². The first-order valence-corrected chi connectivity index (χ1v) is 6.54. The van der Waals surface area contributed by atoms with Crippen LogP contribution in [0.2, 0.25) is 0 Å². The van der Waals surface area contributed by atoms with Gasteiger partial charge in [0.2, 0.25) is 0 Å². The van der Waals surface area contributed by atoms with E-state index < -0.39 is 10.0 Å². The minimum absolute atomic E-state index is 0.0729. The van der Waals surface area contributed by atoms with Gasteiger partial charge in [0, 0.05) is 18.9 Å². The maximum atomic E-state index is 11.7. The van der Waals surface area contributed by atoms with Gasteiger partial charge < -0.3 is 4.98 Å². The maximum Gasteiger partial charge on any atom is 0.257 e. The van der Waals surface area contributed by atoms with E-state index in [1.54, 1.807) is 12.4 Å². The summed E-state index contributed by atoms with van der Waals surface area (Å²) in [6, 6.07) is 3.72. The summed E-state index contributed by atoms with van der Waals surface area (Å²) >= 11 is 0. The van der Waals surface area contributed by atoms with E-state index in [4.69, 9.17) is 0 Å². The van der Waals surface area contributed by atoms with E-state index in [0.717, 1.165) is 5.56 Å². The second-order valence-corrected chi connectivity index (χ2v) is 5.16. The van der Waals surface area contributed by atoms with Gasteiger partial charge in [-0.3, -0.25) is 4.98 Å². The predicted molar refractivity (Wildman–Crippen MR) is 61.7 cm³/mol. The van der Waals surface area contributed by atoms with Crippen molar-refractivity contribution < 1.29 is 8.42 Å². The van der Waals surface area contributed by atoms with Gasteiger partial charge in [0.05, 0.1) is 12.5 Å². The van der Waals surface area contributed by atoms with Crippen LogP contribution in [0.25, 0.3) is 0 Å². The van der Waals surface area contributed by atoms with Crippen LogP contribution >= 0.6 is 0 Å². The summed E-state index contributed by atoms with van der Waals surface area (Å²) < 4.78 is 25.9. The third-order valence-electron chi connectivity index (χ3n) is 2.19. The number of H-pyrrole nitrogens is 1. The molecule has 0 fully saturated rings. The Morgan fingerprint density at radius 3 is 2.82 bits per heavy atom. The number of pyridine rings is 1. The largest absolute Gasteiger partial charge is 0.335 e. The standard InChI is InChI=1S/C10H12N4O2S/c15-17(16,10-7-12-8-13-10)14-5-3-9-2-1-4-11-6-9/h1-2,4,6-8,14H,3,5H2,(H,12,13). The Bertz CT molecular complexity index is 551. The van der Waals surface area contributed by atoms with Gasteiger partial charge in [-0.1, -0.05) is 6.07 Å². The average Bonchev–Trinajstić information content (AvgIpc) is 2.84. The van der Waals surface area contributed by atoms with Crippen LogP contribution in [-0.2, 0) is 16.4 Å². The first-order chi connectivity index (χ1) is 8.18. The fourth-order valence-electron chi connectivity index (χ4n) is 1.34. The van der Waals surface area contributed by atoms with Gasteiger partial charge >= 0.3 is 0 Å². The molecule has 0 aromatic carbocycles. The Balaban J connectivity index is 1.91. The normalized spacial score (nSPS) is 11.5. The molecule has 0 saturated carbocycles. The molecule has 0 aliphatic rings. The lowest BCUT2D eigenvalue weighted by molar-refractivity contribution is 0.578. The molecule has 0 atom stereocenters. The van der Waals surface area contributed by atoms with Gasteiger partial charge in [0.1, 0.15) is 0 Å². The van der Waals surface area contributed by atoms with Crippen molar-refractivity contribution >= 4 is 10.0 Å². The molecule has 0 saturated heterocycles. The average molecular weight is 252 g/mol. The maximum absolute atomic E-state index is 11.7. The summed E-state index contributed by atoms with van der Waals surface area (Å²) in [7, 11) is -3.48. The molecule has 0 radical (unpaired) electrons. The summed E-state index contributed by atoms with van der Waals surface area (Å²) in [5, 5.41) is 0.0729. The van der Waals surface area contributed by atoms with Gasteiger partial charge in [-0.05, 0) is 18.1 Å². The van der Waals surface area contributed by atoms with E-state index in [9.17, 15) is 8.42 Å². The molecule has 0 aliphatic heterocycles. The molecular weight excluding hydrogens is 240 g/mol. The zero-order chi connectivity index (χ0) is 12.1. The zero-order valence-electron chi connectivity index (χ0n) is 9.00. The minimum Gasteiger partial charge on any atom is -0.335 e. The lowest BCUT2D eigenvalue weighted by Gasteiger charge is -2.04. The van der Waals surface area contributed by atoms with Crippen LogP contribution in [0.3, 0.4) is 0 Å². The third-order valence-corrected chi connectivity index (χ3v) is 3.58. The Morgan fingerprint density at radius 1 is 1.29 bits per heavy atom. The van der Waals surface area contributed by atoms with Crippen molar-refractivity contribution in [2.75, 3.05) is 6.54 Å². The Morgan fingerprint density at radius 2 is 2.18 bits per heavy atom. The van der Waals surface area contributed by atoms with Crippen LogP contribution in [0.5, 0.6) is 0 Å². The molecule has 0 unspecified atom stereocenters. The van der Waals surface area contributed by atoms with Gasteiger partial charge in [0.25, 0.3) is 10.0 Å². The van der Waals surface area contributed by atoms with Crippen molar-refractivity contribution in [3.05, 3.63) is 42.6 Å². The van der Waals surface area contributed by atoms with Crippen LogP contribution in [0, 0.1) is 0 Å². The van der Waals surface area contributed by atoms with E-state index >= 15 is 0 Å². The van der Waals surface area contributed by atoms with E-state index in [1.807, 2.05) is 12.1 Å². The summed E-state index contributed by atoms with van der Waals surface area (Å²) in [4.78, 5) is 10.2. The fourth-order valence-corrected chi connectivity index (χ4v) is 2.28. The third kappa shape index (κ3) is 3.11. The van der Waals surface area contributed by atoms with Crippen molar-refractivity contribution in [2.45, 2.75) is 11.4 Å². The van der Waals surface area contributed by atoms with Crippen LogP contribution in [0.4, 0.5) is 0 Å². The Labute approximate surface area is 99.2 Å². The lowest BCUT2D eigenvalue weighted by atomic mass is 10.2. The first kappa shape index (κ1) is 11.7. The molecule has 2 heterocycles. The highest BCUT2D eigenvalue weighted by Crippen LogP contribution is 2.02. The monoisotopic (exact) mass is 252 g/mol. The highest BCUT2D eigenvalue weighted by Gasteiger charge is 2.14. The summed E-state index contributed by atoms with van der Waals surface area (Å²) in [5.74, 6) is 0. The van der Waals surface area contributed by atoms with Crippen molar-refractivity contribution in [3.8, 4) is 0 Å². The van der Waals surface area contributed by atoms with Crippen molar-refractivity contribution in [2.24, 2.45) is 0 Å². The second-order valence-electron chi connectivity index (χ2n) is 3.42. The number of aromatic amines is 1. The number of nitrogens with one attached hydrogen (secondary N) is 2. The van der Waals surface area contributed by atoms with Gasteiger partial charge in [0.15, 0.2) is 5.03 Å². The van der Waals surface area contributed by atoms with Crippen LogP contribution in [-0.4, -0.2) is 29.9 Å². The number of rotatable bonds is 5. The highest BCUT2D eigenvalue weighted by atomic mass is 32.2. The molecule has 2 rings (SSSR count). The van der Waals surface area contributed by atoms with Gasteiger partial charge in [-0.2, -0.15) is 0 Å². The first-order valence-electron chi connectivity index (χ1n) is 5.05. The van der Waals surface area contributed by atoms with Crippen LogP contribution < -0.4 is 4.72 Å². The van der Waals surface area contributed by atoms with Crippen molar-refractivity contribution in [3.63, 3.8) is 0 Å². The molecule has 7 heteroatoms. The zero-order valence-corrected chi connectivity index (χ0v) is 9.81. The quantitative estimate of drug-likeness (QED) is 0.802. The molecule has 2 aromatic rings. The summed E-state index contributed by atoms with van der Waals surface area (Å²) in [5.41, 5.74) is 0.986. The van der Waals surface area contributed by atoms with Crippen LogP contribution in [0.1, 0.15) is 5.56 Å². The van der Waals surface area contributed by atoms with Gasteiger partial charge in [-0.25, -0.2) is 18.1 Å². The SMILES string of the molecule is O=S(=O)(NCCc1cccnc1)c1cnc[nH]1. The number of aromatic nitrogens is 3. The van der Waals surface area contributed by atoms with Crippen molar-refractivity contribution in [1.82, 2.24) is 19.7 Å². The molecule has 90 valence electrons. The predicted octanol–water partition coefficient (Wildman–Crippen LogP) is 0.326. The Kier molecular flexibility index (Phi) is 3.50. The molecule has 2 aromatic heterocycles. The molecule has 0 amide bonds. The van der Waals surface area contributed by atoms with Crippen molar-refractivity contribution in [1.29, 1.82) is 0 Å². The molecule has 0 aliphatic carbocycles. The molecule has 0 spiro atoms. The lowest BCUT2D eigenvalue weighted by Crippen LogP contribution is -2.26. The van der Waals surface area contributed by atoms with Gasteiger partial charge in [-0.15, -0.1) is 0 Å². The summed E-state index contributed by atoms with van der Waals surface area (Å²) in [6.45, 7) is 0.326. The number of imidazole rings is 1. The van der Waals surface area contributed by atoms with E-state index in [-0.39, 0.29) is 5.03 Å². The minimum atomic E-state index is -3.48. The number of hydrogen-bond donors (Lipinski definition) is 2. The van der Waals surface area contributed by atoms with E-state index in [1.165, 1.54) is 12.5 Å². The summed E-state index contributed by atoms with van der Waals surface area (Å²) in [6.07, 6.45) is 6.59. The molecular formula is C10H12N4O2S. The number of sulfonamides is 1. The molecule has 0 bridgehead atoms. The van der Waals surface area contributed by atoms with E-state index in [0.29, 0.717) is 13.0 Å². The number of nitrogens with zero attached hydrogens (tertiary/aromatic N) is 2. The molecule has 2 N–H and O–H groups in total. The smallest absolute Gasteiger partial charge is 0.257 e. The molecule has 17 heavy (non-hydrogen) atoms. The topological polar surface area (TPSA) is 87.7 Å². The molecule has 6 nitrogen and oxygen atoms in total. The second kappa shape index (κ2) is 5.07. The van der Waals surface area contributed by atoms with Crippen LogP contribution in [0.15, 0.2) is 42.1 Å². The highest BCUT2D eigenvalue weighted by molar-refractivity contribution is 7.89. The number of hydrogen-bond acceptors (Lipinski definition) is 4. The fraction of sp³-hybridized carbons (Fsp3) is 0.200.